The van der Waals surface area contributed by atoms with Crippen LogP contribution in [-0.2, 0) is 17.6 Å². The number of carbonyl (C=O) groups excluding carboxylic acids is 1. The summed E-state index contributed by atoms with van der Waals surface area (Å²) in [7, 11) is 1.68. The van der Waals surface area contributed by atoms with Crippen LogP contribution in [0.3, 0.4) is 0 Å². The van der Waals surface area contributed by atoms with Crippen LogP contribution in [-0.4, -0.2) is 36.0 Å². The molecule has 3 aromatic rings. The van der Waals surface area contributed by atoms with Crippen LogP contribution in [0.15, 0.2) is 72.8 Å². The smallest absolute Gasteiger partial charge is 0.222 e. The first-order valence-electron chi connectivity index (χ1n) is 11.1. The van der Waals surface area contributed by atoms with Gasteiger partial charge >= 0.3 is 0 Å². The van der Waals surface area contributed by atoms with E-state index < -0.39 is 0 Å². The summed E-state index contributed by atoms with van der Waals surface area (Å²) < 4.78 is 5.24. The zero-order valence-corrected chi connectivity index (χ0v) is 18.2. The first-order valence-corrected chi connectivity index (χ1v) is 11.1. The van der Waals surface area contributed by atoms with Crippen LogP contribution in [0.1, 0.15) is 47.7 Å². The quantitative estimate of drug-likeness (QED) is 0.545. The number of piperidine rings is 1. The molecule has 0 radical (unpaired) electrons. The average Bonchev–Trinajstić information content (AvgIpc) is 2.84. The molecule has 31 heavy (non-hydrogen) atoms. The number of likely N-dealkylation sites (tertiary alicyclic amines) is 1. The minimum Gasteiger partial charge on any atom is -0.497 e. The normalized spacial score (nSPS) is 14.4. The first kappa shape index (κ1) is 21.1. The SMILES string of the molecule is COc1ccc(Cc2cccc(C3CCN(C(=O)CCc4ccccc4)CC3)n2)cc1. The van der Waals surface area contributed by atoms with E-state index in [1.807, 2.05) is 35.2 Å². The Balaban J connectivity index is 1.30. The van der Waals surface area contributed by atoms with Crippen molar-refractivity contribution in [3.63, 3.8) is 0 Å². The number of aryl methyl sites for hydroxylation is 1. The zero-order valence-electron chi connectivity index (χ0n) is 18.2. The standard InChI is InChI=1S/C27H30N2O2/c1-31-25-13-10-22(11-14-25)20-24-8-5-9-26(28-24)23-16-18-29(19-17-23)27(30)15-12-21-6-3-2-4-7-21/h2-11,13-14,23H,12,15-20H2,1H3. The molecule has 1 fully saturated rings. The molecule has 2 aromatic carbocycles. The lowest BCUT2D eigenvalue weighted by molar-refractivity contribution is -0.132. The van der Waals surface area contributed by atoms with Crippen molar-refractivity contribution in [2.45, 2.75) is 38.0 Å². The number of hydrogen-bond acceptors (Lipinski definition) is 3. The lowest BCUT2D eigenvalue weighted by Crippen LogP contribution is -2.38. The van der Waals surface area contributed by atoms with Gasteiger partial charge in [0.05, 0.1) is 7.11 Å². The van der Waals surface area contributed by atoms with Gasteiger partial charge in [-0.05, 0) is 54.7 Å². The molecule has 0 saturated carbocycles. The number of rotatable bonds is 7. The van der Waals surface area contributed by atoms with E-state index >= 15 is 0 Å². The first-order chi connectivity index (χ1) is 15.2. The third-order valence-electron chi connectivity index (χ3n) is 6.11. The highest BCUT2D eigenvalue weighted by Gasteiger charge is 2.24. The minimum absolute atomic E-state index is 0.267. The summed E-state index contributed by atoms with van der Waals surface area (Å²) in [6.07, 6.45) is 4.18. The summed E-state index contributed by atoms with van der Waals surface area (Å²) >= 11 is 0. The number of hydrogen-bond donors (Lipinski definition) is 0. The Morgan fingerprint density at radius 1 is 0.935 bits per heavy atom. The Morgan fingerprint density at radius 3 is 2.39 bits per heavy atom. The topological polar surface area (TPSA) is 42.4 Å². The van der Waals surface area contributed by atoms with Crippen LogP contribution < -0.4 is 4.74 Å². The maximum Gasteiger partial charge on any atom is 0.222 e. The lowest BCUT2D eigenvalue weighted by atomic mass is 9.92. The van der Waals surface area contributed by atoms with Gasteiger partial charge in [-0.15, -0.1) is 0 Å². The summed E-state index contributed by atoms with van der Waals surface area (Å²) in [4.78, 5) is 19.6. The Labute approximate surface area is 184 Å². The van der Waals surface area contributed by atoms with Crippen molar-refractivity contribution < 1.29 is 9.53 Å². The molecular weight excluding hydrogens is 384 g/mol. The van der Waals surface area contributed by atoms with E-state index in [-0.39, 0.29) is 5.91 Å². The van der Waals surface area contributed by atoms with E-state index in [1.165, 1.54) is 11.1 Å². The summed E-state index contributed by atoms with van der Waals surface area (Å²) in [6.45, 7) is 1.64. The molecule has 160 valence electrons. The molecular formula is C27H30N2O2. The maximum absolute atomic E-state index is 12.6. The van der Waals surface area contributed by atoms with Gasteiger partial charge in [0, 0.05) is 43.2 Å². The number of carbonyl (C=O) groups is 1. The van der Waals surface area contributed by atoms with E-state index in [1.54, 1.807) is 7.11 Å². The van der Waals surface area contributed by atoms with E-state index in [0.717, 1.165) is 55.9 Å². The molecule has 0 spiro atoms. The summed E-state index contributed by atoms with van der Waals surface area (Å²) in [5.41, 5.74) is 4.69. The molecule has 1 aliphatic rings. The molecule has 4 heteroatoms. The fourth-order valence-corrected chi connectivity index (χ4v) is 4.26. The largest absolute Gasteiger partial charge is 0.497 e. The highest BCUT2D eigenvalue weighted by atomic mass is 16.5. The maximum atomic E-state index is 12.6. The van der Waals surface area contributed by atoms with Gasteiger partial charge in [0.15, 0.2) is 0 Å². The average molecular weight is 415 g/mol. The highest BCUT2D eigenvalue weighted by Crippen LogP contribution is 2.27. The second-order valence-corrected chi connectivity index (χ2v) is 8.22. The van der Waals surface area contributed by atoms with Crippen LogP contribution in [0.25, 0.3) is 0 Å². The molecule has 0 N–H and O–H groups in total. The van der Waals surface area contributed by atoms with Gasteiger partial charge in [0.1, 0.15) is 5.75 Å². The molecule has 0 atom stereocenters. The molecule has 0 unspecified atom stereocenters. The lowest BCUT2D eigenvalue weighted by Gasteiger charge is -2.32. The van der Waals surface area contributed by atoms with Gasteiger partial charge in [-0.25, -0.2) is 0 Å². The Morgan fingerprint density at radius 2 is 1.68 bits per heavy atom. The summed E-state index contributed by atoms with van der Waals surface area (Å²) in [6, 6.07) is 24.7. The van der Waals surface area contributed by atoms with Crippen molar-refractivity contribution in [3.05, 3.63) is 95.3 Å². The molecule has 0 bridgehead atoms. The van der Waals surface area contributed by atoms with E-state index in [0.29, 0.717) is 12.3 Å². The van der Waals surface area contributed by atoms with Crippen molar-refractivity contribution in [1.29, 1.82) is 0 Å². The van der Waals surface area contributed by atoms with E-state index in [9.17, 15) is 4.79 Å². The number of amides is 1. The molecule has 1 saturated heterocycles. The summed E-state index contributed by atoms with van der Waals surface area (Å²) in [5.74, 6) is 1.56. The number of pyridine rings is 1. The summed E-state index contributed by atoms with van der Waals surface area (Å²) in [5, 5.41) is 0. The predicted octanol–water partition coefficient (Wildman–Crippen LogP) is 5.02. The Hall–Kier alpha value is -3.14. The molecule has 1 aromatic heterocycles. The fourth-order valence-electron chi connectivity index (χ4n) is 4.26. The van der Waals surface area contributed by atoms with Crippen LogP contribution in [0.4, 0.5) is 0 Å². The molecule has 0 aliphatic carbocycles. The highest BCUT2D eigenvalue weighted by molar-refractivity contribution is 5.76. The third-order valence-corrected chi connectivity index (χ3v) is 6.11. The van der Waals surface area contributed by atoms with Crippen LogP contribution >= 0.6 is 0 Å². The number of benzene rings is 2. The minimum atomic E-state index is 0.267. The fraction of sp³-hybridized carbons (Fsp3) is 0.333. The Bertz CT molecular complexity index is 978. The van der Waals surface area contributed by atoms with Gasteiger partial charge < -0.3 is 9.64 Å². The van der Waals surface area contributed by atoms with E-state index in [2.05, 4.69) is 42.5 Å². The molecule has 1 aliphatic heterocycles. The molecule has 2 heterocycles. The molecule has 1 amide bonds. The zero-order chi connectivity index (χ0) is 21.5. The van der Waals surface area contributed by atoms with Crippen molar-refractivity contribution in [2.75, 3.05) is 20.2 Å². The van der Waals surface area contributed by atoms with Crippen molar-refractivity contribution in [1.82, 2.24) is 9.88 Å². The molecule has 4 rings (SSSR count). The number of nitrogens with zero attached hydrogens (tertiary/aromatic N) is 2. The third kappa shape index (κ3) is 5.72. The van der Waals surface area contributed by atoms with Crippen molar-refractivity contribution in [3.8, 4) is 5.75 Å². The van der Waals surface area contributed by atoms with E-state index in [4.69, 9.17) is 9.72 Å². The van der Waals surface area contributed by atoms with Gasteiger partial charge in [-0.2, -0.15) is 0 Å². The number of methoxy groups -OCH3 is 1. The van der Waals surface area contributed by atoms with Gasteiger partial charge in [-0.3, -0.25) is 9.78 Å². The number of ether oxygens (including phenoxy) is 1. The van der Waals surface area contributed by atoms with Crippen LogP contribution in [0.5, 0.6) is 5.75 Å². The number of aromatic nitrogens is 1. The van der Waals surface area contributed by atoms with Gasteiger partial charge in [0.25, 0.3) is 0 Å². The Kier molecular flexibility index (Phi) is 6.98. The predicted molar refractivity (Wildman–Crippen MR) is 123 cm³/mol. The van der Waals surface area contributed by atoms with Crippen molar-refractivity contribution >= 4 is 5.91 Å². The van der Waals surface area contributed by atoms with Gasteiger partial charge in [0.2, 0.25) is 5.91 Å². The van der Waals surface area contributed by atoms with Crippen molar-refractivity contribution in [2.24, 2.45) is 0 Å². The van der Waals surface area contributed by atoms with Crippen LogP contribution in [0, 0.1) is 0 Å². The van der Waals surface area contributed by atoms with Crippen LogP contribution in [0.2, 0.25) is 0 Å². The monoisotopic (exact) mass is 414 g/mol. The second kappa shape index (κ2) is 10.3. The second-order valence-electron chi connectivity index (χ2n) is 8.22. The molecule has 4 nitrogen and oxygen atoms in total. The van der Waals surface area contributed by atoms with Gasteiger partial charge in [-0.1, -0.05) is 48.5 Å².